The van der Waals surface area contributed by atoms with E-state index in [4.69, 9.17) is 5.26 Å². The maximum absolute atomic E-state index is 12.3. The second-order valence-electron chi connectivity index (χ2n) is 6.01. The maximum Gasteiger partial charge on any atom is 0.329 e. The van der Waals surface area contributed by atoms with Crippen molar-refractivity contribution < 1.29 is 9.59 Å². The fourth-order valence-corrected chi connectivity index (χ4v) is 3.04. The minimum Gasteiger partial charge on any atom is -0.318 e. The SMILES string of the molecule is C=CCN1C(=O)NC(=Cc2cc(C)n(-c3ccc(C#N)cc3)c2C)C1=O. The van der Waals surface area contributed by atoms with Crippen molar-refractivity contribution in [3.63, 3.8) is 0 Å². The molecule has 2 aromatic rings. The lowest BCUT2D eigenvalue weighted by molar-refractivity contribution is -0.122. The number of aromatic nitrogens is 1. The van der Waals surface area contributed by atoms with Gasteiger partial charge in [-0.15, -0.1) is 6.58 Å². The zero-order chi connectivity index (χ0) is 18.8. The van der Waals surface area contributed by atoms with Crippen molar-refractivity contribution in [1.82, 2.24) is 14.8 Å². The Morgan fingerprint density at radius 2 is 1.92 bits per heavy atom. The molecule has 1 aromatic carbocycles. The third-order valence-corrected chi connectivity index (χ3v) is 4.30. The van der Waals surface area contributed by atoms with Crippen molar-refractivity contribution in [3.05, 3.63) is 71.2 Å². The van der Waals surface area contributed by atoms with E-state index in [0.29, 0.717) is 5.56 Å². The van der Waals surface area contributed by atoms with Gasteiger partial charge >= 0.3 is 6.03 Å². The van der Waals surface area contributed by atoms with Gasteiger partial charge in [0.1, 0.15) is 5.70 Å². The molecule has 2 heterocycles. The monoisotopic (exact) mass is 346 g/mol. The number of nitriles is 1. The fraction of sp³-hybridized carbons (Fsp3) is 0.150. The summed E-state index contributed by atoms with van der Waals surface area (Å²) in [6.07, 6.45) is 3.20. The second-order valence-corrected chi connectivity index (χ2v) is 6.01. The summed E-state index contributed by atoms with van der Waals surface area (Å²) in [6.45, 7) is 7.64. The fourth-order valence-electron chi connectivity index (χ4n) is 3.04. The van der Waals surface area contributed by atoms with Crippen molar-refractivity contribution >= 4 is 18.0 Å². The molecule has 3 amide bonds. The van der Waals surface area contributed by atoms with Gasteiger partial charge in [0, 0.05) is 23.6 Å². The molecule has 130 valence electrons. The molecular weight excluding hydrogens is 328 g/mol. The second kappa shape index (κ2) is 6.73. The van der Waals surface area contributed by atoms with Crippen LogP contribution in [0.4, 0.5) is 4.79 Å². The van der Waals surface area contributed by atoms with Gasteiger partial charge in [-0.25, -0.2) is 4.79 Å². The zero-order valence-electron chi connectivity index (χ0n) is 14.6. The predicted octanol–water partition coefficient (Wildman–Crippen LogP) is 3.04. The van der Waals surface area contributed by atoms with E-state index in [1.165, 1.54) is 6.08 Å². The van der Waals surface area contributed by atoms with E-state index in [0.717, 1.165) is 27.5 Å². The van der Waals surface area contributed by atoms with E-state index in [1.54, 1.807) is 18.2 Å². The van der Waals surface area contributed by atoms with Crippen LogP contribution in [0.25, 0.3) is 11.8 Å². The first-order chi connectivity index (χ1) is 12.5. The van der Waals surface area contributed by atoms with Crippen LogP contribution in [-0.2, 0) is 4.79 Å². The van der Waals surface area contributed by atoms with E-state index in [9.17, 15) is 9.59 Å². The molecule has 0 radical (unpaired) electrons. The van der Waals surface area contributed by atoms with Crippen LogP contribution >= 0.6 is 0 Å². The van der Waals surface area contributed by atoms with Crippen molar-refractivity contribution in [2.75, 3.05) is 6.54 Å². The third kappa shape index (κ3) is 2.91. The van der Waals surface area contributed by atoms with E-state index in [1.807, 2.05) is 36.6 Å². The molecule has 0 atom stereocenters. The van der Waals surface area contributed by atoms with E-state index < -0.39 is 6.03 Å². The highest BCUT2D eigenvalue weighted by Gasteiger charge is 2.32. The summed E-state index contributed by atoms with van der Waals surface area (Å²) in [5.41, 5.74) is 4.54. The lowest BCUT2D eigenvalue weighted by Crippen LogP contribution is -2.30. The molecule has 0 unspecified atom stereocenters. The summed E-state index contributed by atoms with van der Waals surface area (Å²) in [7, 11) is 0. The first-order valence-corrected chi connectivity index (χ1v) is 8.11. The number of hydrogen-bond donors (Lipinski definition) is 1. The minimum atomic E-state index is -0.443. The van der Waals surface area contributed by atoms with Crippen molar-refractivity contribution in [2.24, 2.45) is 0 Å². The van der Waals surface area contributed by atoms with Crippen molar-refractivity contribution in [3.8, 4) is 11.8 Å². The van der Waals surface area contributed by atoms with Crippen LogP contribution in [0.2, 0.25) is 0 Å². The number of imide groups is 1. The maximum atomic E-state index is 12.3. The van der Waals surface area contributed by atoms with Gasteiger partial charge < -0.3 is 9.88 Å². The van der Waals surface area contributed by atoms with Crippen LogP contribution in [0.1, 0.15) is 22.5 Å². The lowest BCUT2D eigenvalue weighted by Gasteiger charge is -2.09. The highest BCUT2D eigenvalue weighted by Crippen LogP contribution is 2.24. The largest absolute Gasteiger partial charge is 0.329 e. The molecule has 1 aliphatic rings. The van der Waals surface area contributed by atoms with Crippen LogP contribution in [-0.4, -0.2) is 28.0 Å². The standard InChI is InChI=1S/C20H18N4O2/c1-4-9-23-19(25)18(22-20(23)26)11-16-10-13(2)24(14(16)3)17-7-5-15(12-21)6-8-17/h4-8,10-11H,1,9H2,2-3H3,(H,22,26). The Labute approximate surface area is 151 Å². The first-order valence-electron chi connectivity index (χ1n) is 8.11. The highest BCUT2D eigenvalue weighted by atomic mass is 16.2. The summed E-state index contributed by atoms with van der Waals surface area (Å²) >= 11 is 0. The van der Waals surface area contributed by atoms with Crippen LogP contribution < -0.4 is 5.32 Å². The number of amides is 3. The molecule has 0 saturated carbocycles. The summed E-state index contributed by atoms with van der Waals surface area (Å²) in [6, 6.07) is 10.9. The van der Waals surface area contributed by atoms with Crippen LogP contribution in [0.15, 0.2) is 48.7 Å². The van der Waals surface area contributed by atoms with Gasteiger partial charge in [-0.3, -0.25) is 9.69 Å². The predicted molar refractivity (Wildman–Crippen MR) is 98.4 cm³/mol. The Kier molecular flexibility index (Phi) is 4.46. The van der Waals surface area contributed by atoms with Crippen molar-refractivity contribution in [2.45, 2.75) is 13.8 Å². The molecule has 0 bridgehead atoms. The molecule has 1 saturated heterocycles. The number of carbonyl (C=O) groups excluding carboxylic acids is 2. The molecule has 3 rings (SSSR count). The number of benzene rings is 1. The lowest BCUT2D eigenvalue weighted by atomic mass is 10.2. The number of nitrogens with zero attached hydrogens (tertiary/aromatic N) is 3. The Morgan fingerprint density at radius 3 is 2.54 bits per heavy atom. The summed E-state index contributed by atoms with van der Waals surface area (Å²) in [5, 5.41) is 11.5. The topological polar surface area (TPSA) is 78.1 Å². The average Bonchev–Trinajstić information content (AvgIpc) is 3.05. The molecule has 1 aromatic heterocycles. The molecule has 1 aliphatic heterocycles. The van der Waals surface area contributed by atoms with E-state index in [-0.39, 0.29) is 18.1 Å². The van der Waals surface area contributed by atoms with Gasteiger partial charge in [0.2, 0.25) is 0 Å². The van der Waals surface area contributed by atoms with Crippen molar-refractivity contribution in [1.29, 1.82) is 5.26 Å². The molecule has 6 nitrogen and oxygen atoms in total. The number of aryl methyl sites for hydroxylation is 1. The smallest absolute Gasteiger partial charge is 0.318 e. The Balaban J connectivity index is 1.98. The Bertz CT molecular complexity index is 974. The normalized spacial score (nSPS) is 15.3. The van der Waals surface area contributed by atoms with Gasteiger partial charge in [0.05, 0.1) is 11.6 Å². The Hall–Kier alpha value is -3.59. The van der Waals surface area contributed by atoms with Gasteiger partial charge in [0.15, 0.2) is 0 Å². The average molecular weight is 346 g/mol. The van der Waals surface area contributed by atoms with Crippen LogP contribution in [0.3, 0.4) is 0 Å². The van der Waals surface area contributed by atoms with E-state index >= 15 is 0 Å². The molecule has 26 heavy (non-hydrogen) atoms. The van der Waals surface area contributed by atoms with Gasteiger partial charge in [-0.05, 0) is 55.8 Å². The molecule has 0 spiro atoms. The number of urea groups is 1. The molecule has 6 heteroatoms. The summed E-state index contributed by atoms with van der Waals surface area (Å²) in [4.78, 5) is 25.3. The van der Waals surface area contributed by atoms with Crippen LogP contribution in [0, 0.1) is 25.2 Å². The van der Waals surface area contributed by atoms with Gasteiger partial charge in [0.25, 0.3) is 5.91 Å². The molecule has 0 aliphatic carbocycles. The number of carbonyl (C=O) groups is 2. The first kappa shape index (κ1) is 17.2. The zero-order valence-corrected chi connectivity index (χ0v) is 14.6. The van der Waals surface area contributed by atoms with Gasteiger partial charge in [-0.2, -0.15) is 5.26 Å². The Morgan fingerprint density at radius 1 is 1.23 bits per heavy atom. The van der Waals surface area contributed by atoms with Gasteiger partial charge in [-0.1, -0.05) is 6.08 Å². The summed E-state index contributed by atoms with van der Waals surface area (Å²) in [5.74, 6) is -0.363. The third-order valence-electron chi connectivity index (χ3n) is 4.30. The summed E-state index contributed by atoms with van der Waals surface area (Å²) < 4.78 is 2.04. The number of nitrogens with one attached hydrogen (secondary N) is 1. The van der Waals surface area contributed by atoms with Crippen LogP contribution in [0.5, 0.6) is 0 Å². The molecule has 1 N–H and O–H groups in total. The highest BCUT2D eigenvalue weighted by molar-refractivity contribution is 6.14. The minimum absolute atomic E-state index is 0.173. The molecule has 1 fully saturated rings. The van der Waals surface area contributed by atoms with E-state index in [2.05, 4.69) is 18.0 Å². The number of hydrogen-bond acceptors (Lipinski definition) is 3. The number of rotatable bonds is 4. The molecular formula is C20H18N4O2. The quantitative estimate of drug-likeness (QED) is 0.525.